The molecule has 0 saturated carbocycles. The van der Waals surface area contributed by atoms with Crippen molar-refractivity contribution in [3.8, 4) is 11.5 Å². The molecule has 1 aliphatic rings. The van der Waals surface area contributed by atoms with Gasteiger partial charge in [0.15, 0.2) is 11.5 Å². The molecule has 0 aromatic heterocycles. The van der Waals surface area contributed by atoms with E-state index in [1.807, 2.05) is 0 Å². The smallest absolute Gasteiger partial charge is 0.163 e. The van der Waals surface area contributed by atoms with Crippen molar-refractivity contribution in [2.45, 2.75) is 25.5 Å². The van der Waals surface area contributed by atoms with Gasteiger partial charge in [-0.2, -0.15) is 0 Å². The summed E-state index contributed by atoms with van der Waals surface area (Å²) in [7, 11) is 4.73. The summed E-state index contributed by atoms with van der Waals surface area (Å²) in [6.45, 7) is 3.61. The first kappa shape index (κ1) is 18.0. The molecule has 130 valence electrons. The molecular weight excluding hydrogens is 301 g/mol. The van der Waals surface area contributed by atoms with Crippen LogP contribution in [0.15, 0.2) is 12.1 Å². The molecule has 1 aromatic rings. The molecule has 1 heterocycles. The number of likely N-dealkylation sites (tertiary alicyclic amines) is 1. The number of hydrogen-bond acceptors (Lipinski definition) is 5. The molecule has 0 bridgehead atoms. The second kappa shape index (κ2) is 9.05. The summed E-state index contributed by atoms with van der Waals surface area (Å²) < 4.78 is 35.3. The van der Waals surface area contributed by atoms with Gasteiger partial charge in [0.05, 0.1) is 33.5 Å². The third-order valence-corrected chi connectivity index (χ3v) is 4.12. The highest BCUT2D eigenvalue weighted by Crippen LogP contribution is 2.30. The lowest BCUT2D eigenvalue weighted by Gasteiger charge is -2.32. The molecule has 0 N–H and O–H groups in total. The van der Waals surface area contributed by atoms with Crippen molar-refractivity contribution in [2.24, 2.45) is 0 Å². The molecule has 1 saturated heterocycles. The van der Waals surface area contributed by atoms with E-state index in [0.717, 1.165) is 25.9 Å². The van der Waals surface area contributed by atoms with E-state index in [1.165, 1.54) is 13.2 Å². The number of piperidine rings is 1. The number of ether oxygens (including phenoxy) is 4. The molecule has 1 aromatic carbocycles. The Hall–Kier alpha value is -1.37. The van der Waals surface area contributed by atoms with Crippen molar-refractivity contribution >= 4 is 0 Å². The predicted molar refractivity (Wildman–Crippen MR) is 85.6 cm³/mol. The van der Waals surface area contributed by atoms with E-state index in [0.29, 0.717) is 36.8 Å². The van der Waals surface area contributed by atoms with Crippen LogP contribution in [0.2, 0.25) is 0 Å². The summed E-state index contributed by atoms with van der Waals surface area (Å²) in [5, 5.41) is 0. The van der Waals surface area contributed by atoms with Gasteiger partial charge in [-0.25, -0.2) is 4.39 Å². The van der Waals surface area contributed by atoms with E-state index in [2.05, 4.69) is 4.90 Å². The number of nitrogens with zero attached hydrogens (tertiary/aromatic N) is 1. The topological polar surface area (TPSA) is 40.2 Å². The molecule has 0 spiro atoms. The average Bonchev–Trinajstić information content (AvgIpc) is 2.58. The van der Waals surface area contributed by atoms with E-state index in [9.17, 15) is 4.39 Å². The summed E-state index contributed by atoms with van der Waals surface area (Å²) in [6, 6.07) is 3.10. The summed E-state index contributed by atoms with van der Waals surface area (Å²) >= 11 is 0. The zero-order valence-corrected chi connectivity index (χ0v) is 14.1. The van der Waals surface area contributed by atoms with Gasteiger partial charge in [0.25, 0.3) is 0 Å². The lowest BCUT2D eigenvalue weighted by Crippen LogP contribution is -2.37. The molecule has 2 rings (SSSR count). The minimum atomic E-state index is -0.263. The second-order valence-corrected chi connectivity index (χ2v) is 5.64. The van der Waals surface area contributed by atoms with Crippen LogP contribution in [-0.4, -0.2) is 58.6 Å². The Morgan fingerprint density at radius 3 is 2.30 bits per heavy atom. The summed E-state index contributed by atoms with van der Waals surface area (Å²) in [5.74, 6) is 0.710. The summed E-state index contributed by atoms with van der Waals surface area (Å²) in [5.41, 5.74) is 0.626. The first-order valence-electron chi connectivity index (χ1n) is 7.91. The van der Waals surface area contributed by atoms with Crippen molar-refractivity contribution in [3.63, 3.8) is 0 Å². The Kier molecular flexibility index (Phi) is 7.08. The van der Waals surface area contributed by atoms with Gasteiger partial charge in [-0.3, -0.25) is 4.90 Å². The molecule has 0 unspecified atom stereocenters. The minimum absolute atomic E-state index is 0.263. The molecule has 0 aliphatic carbocycles. The van der Waals surface area contributed by atoms with E-state index < -0.39 is 0 Å². The van der Waals surface area contributed by atoms with Gasteiger partial charge in [-0.15, -0.1) is 0 Å². The van der Waals surface area contributed by atoms with Gasteiger partial charge in [-0.05, 0) is 18.9 Å². The van der Waals surface area contributed by atoms with E-state index >= 15 is 0 Å². The van der Waals surface area contributed by atoms with Crippen molar-refractivity contribution in [1.82, 2.24) is 4.90 Å². The van der Waals surface area contributed by atoms with E-state index in [4.69, 9.17) is 18.9 Å². The highest BCUT2D eigenvalue weighted by Gasteiger charge is 2.21. The van der Waals surface area contributed by atoms with E-state index in [1.54, 1.807) is 20.3 Å². The number of rotatable bonds is 8. The Bertz CT molecular complexity index is 490. The van der Waals surface area contributed by atoms with Crippen LogP contribution in [0.25, 0.3) is 0 Å². The molecule has 6 heteroatoms. The standard InChI is InChI=1S/C17H26FNO4/c1-20-8-9-23-14-4-6-19(7-5-14)12-13-10-16(21-2)17(22-3)11-15(13)18/h10-11,14H,4-9,12H2,1-3H3. The minimum Gasteiger partial charge on any atom is -0.493 e. The highest BCUT2D eigenvalue weighted by molar-refractivity contribution is 5.43. The third-order valence-electron chi connectivity index (χ3n) is 4.12. The SMILES string of the molecule is COCCOC1CCN(Cc2cc(OC)c(OC)cc2F)CC1. The van der Waals surface area contributed by atoms with Crippen LogP contribution >= 0.6 is 0 Å². The van der Waals surface area contributed by atoms with Gasteiger partial charge >= 0.3 is 0 Å². The van der Waals surface area contributed by atoms with Crippen LogP contribution in [0.3, 0.4) is 0 Å². The van der Waals surface area contributed by atoms with Crippen molar-refractivity contribution in [3.05, 3.63) is 23.5 Å². The Morgan fingerprint density at radius 2 is 1.70 bits per heavy atom. The maximum Gasteiger partial charge on any atom is 0.163 e. The first-order valence-corrected chi connectivity index (χ1v) is 7.91. The molecular formula is C17H26FNO4. The number of hydrogen-bond donors (Lipinski definition) is 0. The van der Waals surface area contributed by atoms with Crippen LogP contribution in [0.1, 0.15) is 18.4 Å². The van der Waals surface area contributed by atoms with Crippen molar-refractivity contribution < 1.29 is 23.3 Å². The zero-order chi connectivity index (χ0) is 16.7. The van der Waals surface area contributed by atoms with Gasteiger partial charge < -0.3 is 18.9 Å². The Balaban J connectivity index is 1.89. The Labute approximate surface area is 137 Å². The largest absolute Gasteiger partial charge is 0.493 e. The normalized spacial score (nSPS) is 16.5. The van der Waals surface area contributed by atoms with Crippen LogP contribution < -0.4 is 9.47 Å². The molecule has 1 aliphatic heterocycles. The molecule has 0 amide bonds. The molecule has 23 heavy (non-hydrogen) atoms. The van der Waals surface area contributed by atoms with E-state index in [-0.39, 0.29) is 11.9 Å². The quantitative estimate of drug-likeness (QED) is 0.686. The third kappa shape index (κ3) is 5.06. The van der Waals surface area contributed by atoms with Crippen LogP contribution in [0, 0.1) is 5.82 Å². The summed E-state index contributed by atoms with van der Waals surface area (Å²) in [4.78, 5) is 2.24. The van der Waals surface area contributed by atoms with Gasteiger partial charge in [0.1, 0.15) is 5.82 Å². The first-order chi connectivity index (χ1) is 11.2. The van der Waals surface area contributed by atoms with Gasteiger partial charge in [-0.1, -0.05) is 0 Å². The second-order valence-electron chi connectivity index (χ2n) is 5.64. The fourth-order valence-electron chi connectivity index (χ4n) is 2.79. The fraction of sp³-hybridized carbons (Fsp3) is 0.647. The van der Waals surface area contributed by atoms with Crippen molar-refractivity contribution in [1.29, 1.82) is 0 Å². The number of halogens is 1. The predicted octanol–water partition coefficient (Wildman–Crippen LogP) is 2.47. The van der Waals surface area contributed by atoms with Gasteiger partial charge in [0.2, 0.25) is 0 Å². The molecule has 0 atom stereocenters. The fourth-order valence-corrected chi connectivity index (χ4v) is 2.79. The monoisotopic (exact) mass is 327 g/mol. The molecule has 1 fully saturated rings. The number of methoxy groups -OCH3 is 3. The lowest BCUT2D eigenvalue weighted by molar-refractivity contribution is -0.0159. The zero-order valence-electron chi connectivity index (χ0n) is 14.1. The van der Waals surface area contributed by atoms with Crippen LogP contribution in [-0.2, 0) is 16.0 Å². The molecule has 5 nitrogen and oxygen atoms in total. The summed E-state index contributed by atoms with van der Waals surface area (Å²) in [6.07, 6.45) is 2.19. The number of benzene rings is 1. The molecule has 0 radical (unpaired) electrons. The Morgan fingerprint density at radius 1 is 1.04 bits per heavy atom. The van der Waals surface area contributed by atoms with Crippen LogP contribution in [0.5, 0.6) is 11.5 Å². The lowest BCUT2D eigenvalue weighted by atomic mass is 10.1. The highest BCUT2D eigenvalue weighted by atomic mass is 19.1. The average molecular weight is 327 g/mol. The maximum atomic E-state index is 14.2. The van der Waals surface area contributed by atoms with Crippen molar-refractivity contribution in [2.75, 3.05) is 47.6 Å². The maximum absolute atomic E-state index is 14.2. The van der Waals surface area contributed by atoms with Gasteiger partial charge in [0, 0.05) is 38.4 Å². The van der Waals surface area contributed by atoms with Crippen LogP contribution in [0.4, 0.5) is 4.39 Å².